The van der Waals surface area contributed by atoms with E-state index in [4.69, 9.17) is 28.4 Å². The lowest BCUT2D eigenvalue weighted by atomic mass is 9.45. The molecule has 11 nitrogen and oxygen atoms in total. The molecule has 11 heteroatoms. The van der Waals surface area contributed by atoms with Crippen LogP contribution in [0.4, 0.5) is 0 Å². The molecule has 0 amide bonds. The minimum atomic E-state index is -0.501. The summed E-state index contributed by atoms with van der Waals surface area (Å²) < 4.78 is 35.2. The first-order valence-electron chi connectivity index (χ1n) is 22.9. The van der Waals surface area contributed by atoms with E-state index >= 15 is 0 Å². The third-order valence-electron chi connectivity index (χ3n) is 17.5. The second kappa shape index (κ2) is 17.0. The molecule has 0 bridgehead atoms. The summed E-state index contributed by atoms with van der Waals surface area (Å²) in [5.74, 6) is 0.790. The number of hydrogen-bond donors (Lipinski definition) is 2. The molecule has 0 aromatic rings. The SMILES string of the molecule is CCCCC(=O)O[C@H]1CC[C@@]2(C)C(C1)C[C@H](O)C1C2CC[C@@]2(C)C1OC[C@@H]2OC(=O)CC.CO[C@H]1CC[C@@]2(C)C(=C[C@H](O)C3C4OCC(OC(C)=O)[C@@]4(C)CCC32)C1. The summed E-state index contributed by atoms with van der Waals surface area (Å²) in [5.41, 5.74) is 1.16. The Morgan fingerprint density at radius 3 is 2.02 bits per heavy atom. The predicted molar refractivity (Wildman–Crippen MR) is 216 cm³/mol. The quantitative estimate of drug-likeness (QED) is 0.145. The molecule has 0 aromatic carbocycles. The number of unbranched alkanes of at least 4 members (excludes halogenated alkanes) is 1. The second-order valence-electron chi connectivity index (χ2n) is 20.6. The lowest BCUT2D eigenvalue weighted by molar-refractivity contribution is -0.196. The monoisotopic (exact) mass is 815 g/mol. The Hall–Kier alpha value is -2.05. The average Bonchev–Trinajstić information content (AvgIpc) is 3.69. The van der Waals surface area contributed by atoms with Gasteiger partial charge in [-0.05, 0) is 106 Å². The highest BCUT2D eigenvalue weighted by atomic mass is 16.6. The van der Waals surface area contributed by atoms with E-state index in [0.717, 1.165) is 83.5 Å². The maximum Gasteiger partial charge on any atom is 0.306 e. The first kappa shape index (κ1) is 44.0. The highest BCUT2D eigenvalue weighted by Gasteiger charge is 2.65. The van der Waals surface area contributed by atoms with E-state index in [1.54, 1.807) is 7.11 Å². The number of methoxy groups -OCH3 is 1. The molecule has 0 aromatic heterocycles. The fourth-order valence-electron chi connectivity index (χ4n) is 13.9. The Morgan fingerprint density at radius 2 is 1.38 bits per heavy atom. The molecule has 6 aliphatic carbocycles. The molecule has 0 radical (unpaired) electrons. The lowest BCUT2D eigenvalue weighted by Gasteiger charge is -2.61. The van der Waals surface area contributed by atoms with E-state index in [-0.39, 0.29) is 88.0 Å². The van der Waals surface area contributed by atoms with Gasteiger partial charge in [0.05, 0.1) is 43.7 Å². The minimum absolute atomic E-state index is 0.0180. The average molecular weight is 815 g/mol. The summed E-state index contributed by atoms with van der Waals surface area (Å²) >= 11 is 0. The molecule has 8 aliphatic rings. The summed E-state index contributed by atoms with van der Waals surface area (Å²) in [6.07, 6.45) is 14.2. The number of hydrogen-bond acceptors (Lipinski definition) is 11. The summed E-state index contributed by atoms with van der Waals surface area (Å²) in [4.78, 5) is 35.7. The molecular weight excluding hydrogens is 741 g/mol. The normalized spacial score (nSPS) is 47.6. The number of aliphatic hydroxyl groups is 2. The number of aliphatic hydroxyl groups excluding tert-OH is 2. The zero-order valence-electron chi connectivity index (χ0n) is 36.7. The molecule has 5 saturated carbocycles. The molecule has 2 N–H and O–H groups in total. The van der Waals surface area contributed by atoms with Gasteiger partial charge < -0.3 is 38.6 Å². The summed E-state index contributed by atoms with van der Waals surface area (Å²) in [5, 5.41) is 22.4. The van der Waals surface area contributed by atoms with Crippen molar-refractivity contribution in [3.05, 3.63) is 11.6 Å². The van der Waals surface area contributed by atoms with Crippen LogP contribution >= 0.6 is 0 Å². The van der Waals surface area contributed by atoms with Crippen molar-refractivity contribution in [2.45, 2.75) is 194 Å². The smallest absolute Gasteiger partial charge is 0.306 e. The van der Waals surface area contributed by atoms with Crippen molar-refractivity contribution in [2.24, 2.45) is 51.2 Å². The van der Waals surface area contributed by atoms with Crippen molar-refractivity contribution in [3.63, 3.8) is 0 Å². The number of esters is 3. The number of carbonyl (C=O) groups is 3. The summed E-state index contributed by atoms with van der Waals surface area (Å²) in [6.45, 7) is 15.3. The fraction of sp³-hybridized carbons (Fsp3) is 0.894. The van der Waals surface area contributed by atoms with Crippen LogP contribution in [0.5, 0.6) is 0 Å². The number of rotatable bonds is 8. The Bertz CT molecular complexity index is 1550. The Kier molecular flexibility index (Phi) is 12.9. The molecular formula is C47H74O11. The zero-order chi connectivity index (χ0) is 41.8. The van der Waals surface area contributed by atoms with Crippen LogP contribution in [0.3, 0.4) is 0 Å². The van der Waals surface area contributed by atoms with Crippen LogP contribution in [-0.2, 0) is 42.8 Å². The molecule has 328 valence electrons. The molecule has 7 fully saturated rings. The number of carbonyl (C=O) groups excluding carboxylic acids is 3. The van der Waals surface area contributed by atoms with Gasteiger partial charge in [0.2, 0.25) is 0 Å². The van der Waals surface area contributed by atoms with Gasteiger partial charge in [0.25, 0.3) is 0 Å². The third-order valence-corrected chi connectivity index (χ3v) is 17.5. The molecule has 2 heterocycles. The van der Waals surface area contributed by atoms with Crippen molar-refractivity contribution in [2.75, 3.05) is 20.3 Å². The van der Waals surface area contributed by atoms with E-state index in [0.29, 0.717) is 43.8 Å². The van der Waals surface area contributed by atoms with Crippen molar-refractivity contribution < 1.29 is 53.0 Å². The second-order valence-corrected chi connectivity index (χ2v) is 20.6. The fourth-order valence-corrected chi connectivity index (χ4v) is 13.9. The lowest BCUT2D eigenvalue weighted by Crippen LogP contribution is -2.61. The first-order chi connectivity index (χ1) is 27.5. The zero-order valence-corrected chi connectivity index (χ0v) is 36.7. The van der Waals surface area contributed by atoms with Crippen LogP contribution in [0.25, 0.3) is 0 Å². The number of ether oxygens (including phenoxy) is 6. The number of fused-ring (bicyclic) bond motifs is 10. The van der Waals surface area contributed by atoms with Crippen LogP contribution in [0.15, 0.2) is 11.6 Å². The van der Waals surface area contributed by atoms with Crippen LogP contribution in [0.1, 0.15) is 145 Å². The van der Waals surface area contributed by atoms with Gasteiger partial charge in [-0.1, -0.05) is 59.6 Å². The van der Waals surface area contributed by atoms with Crippen molar-refractivity contribution in [3.8, 4) is 0 Å². The van der Waals surface area contributed by atoms with E-state index in [1.165, 1.54) is 12.5 Å². The van der Waals surface area contributed by atoms with E-state index in [2.05, 4.69) is 40.7 Å². The van der Waals surface area contributed by atoms with Crippen LogP contribution in [-0.4, -0.2) is 97.3 Å². The van der Waals surface area contributed by atoms with E-state index in [1.807, 2.05) is 6.92 Å². The van der Waals surface area contributed by atoms with Gasteiger partial charge in [-0.2, -0.15) is 0 Å². The van der Waals surface area contributed by atoms with Gasteiger partial charge in [0.1, 0.15) is 18.3 Å². The van der Waals surface area contributed by atoms with Crippen LogP contribution in [0.2, 0.25) is 0 Å². The van der Waals surface area contributed by atoms with Crippen molar-refractivity contribution in [1.82, 2.24) is 0 Å². The summed E-state index contributed by atoms with van der Waals surface area (Å²) in [7, 11) is 1.78. The molecule has 2 aliphatic heterocycles. The maximum atomic E-state index is 12.2. The van der Waals surface area contributed by atoms with E-state index in [9.17, 15) is 24.6 Å². The predicted octanol–water partition coefficient (Wildman–Crippen LogP) is 7.27. The molecule has 0 spiro atoms. The Morgan fingerprint density at radius 1 is 0.759 bits per heavy atom. The van der Waals surface area contributed by atoms with Gasteiger partial charge >= 0.3 is 17.9 Å². The molecule has 8 rings (SSSR count). The summed E-state index contributed by atoms with van der Waals surface area (Å²) in [6, 6.07) is 0. The molecule has 17 atom stereocenters. The van der Waals surface area contributed by atoms with Crippen molar-refractivity contribution in [1.29, 1.82) is 0 Å². The highest BCUT2D eigenvalue weighted by molar-refractivity contribution is 5.69. The largest absolute Gasteiger partial charge is 0.462 e. The Balaban J connectivity index is 0.000000180. The van der Waals surface area contributed by atoms with Gasteiger partial charge in [-0.15, -0.1) is 0 Å². The minimum Gasteiger partial charge on any atom is -0.462 e. The van der Waals surface area contributed by atoms with Gasteiger partial charge in [-0.25, -0.2) is 0 Å². The molecule has 8 unspecified atom stereocenters. The first-order valence-corrected chi connectivity index (χ1v) is 22.9. The maximum absolute atomic E-state index is 12.2. The van der Waals surface area contributed by atoms with Crippen molar-refractivity contribution >= 4 is 17.9 Å². The third kappa shape index (κ3) is 7.72. The van der Waals surface area contributed by atoms with Crippen LogP contribution in [0, 0.1) is 51.2 Å². The van der Waals surface area contributed by atoms with E-state index < -0.39 is 12.2 Å². The van der Waals surface area contributed by atoms with Gasteiger partial charge in [0.15, 0.2) is 0 Å². The molecule has 58 heavy (non-hydrogen) atoms. The van der Waals surface area contributed by atoms with Gasteiger partial charge in [-0.3, -0.25) is 14.4 Å². The standard InChI is InChI=1S/C26H42O6.C21H32O5/c1-5-7-8-22(29)31-17-9-11-25(3)16(13-17)14-19(27)23-18(25)10-12-26(4)20(15-30-24(23)26)32-21(28)6-2;1-12(22)26-17-11-25-19-18-15(6-8-21(17,19)3)20(2)7-5-14(24-4)9-13(20)10-16(18)23/h16-20,23-24,27H,5-15H2,1-4H3;10,14-19,23H,5-9,11H2,1-4H3/t16?,17-,18?,19-,20-,23?,24?,25-,26+;14-,15?,16-,17?,18?,19?,20-,21+/m00/s1. The highest BCUT2D eigenvalue weighted by Crippen LogP contribution is 2.65. The topological polar surface area (TPSA) is 147 Å². The molecule has 2 saturated heterocycles. The van der Waals surface area contributed by atoms with Crippen LogP contribution < -0.4 is 0 Å². The Labute approximate surface area is 347 Å². The van der Waals surface area contributed by atoms with Gasteiger partial charge in [0, 0.05) is 49.5 Å².